The van der Waals surface area contributed by atoms with E-state index < -0.39 is 11.8 Å². The molecule has 1 aliphatic rings. The Balaban J connectivity index is 1.65. The Morgan fingerprint density at radius 1 is 1.30 bits per heavy atom. The van der Waals surface area contributed by atoms with Gasteiger partial charge in [0.05, 0.1) is 17.9 Å². The van der Waals surface area contributed by atoms with Crippen molar-refractivity contribution in [2.45, 2.75) is 18.6 Å². The summed E-state index contributed by atoms with van der Waals surface area (Å²) in [5.41, 5.74) is 1.02. The summed E-state index contributed by atoms with van der Waals surface area (Å²) in [6, 6.07) is 8.02. The van der Waals surface area contributed by atoms with Gasteiger partial charge < -0.3 is 15.4 Å². The van der Waals surface area contributed by atoms with E-state index in [1.807, 2.05) is 12.1 Å². The van der Waals surface area contributed by atoms with Crippen molar-refractivity contribution in [2.75, 3.05) is 11.9 Å². The van der Waals surface area contributed by atoms with Crippen molar-refractivity contribution >= 4 is 23.3 Å². The van der Waals surface area contributed by atoms with E-state index >= 15 is 0 Å². The molecular weight excluding hydrogens is 321 g/mol. The number of rotatable bonds is 3. The number of hydrogen-bond acceptors (Lipinski definition) is 3. The average Bonchev–Trinajstić information content (AvgIpc) is 2.98. The fourth-order valence-corrected chi connectivity index (χ4v) is 2.65. The fourth-order valence-electron chi connectivity index (χ4n) is 2.52. The van der Waals surface area contributed by atoms with E-state index in [0.717, 1.165) is 11.8 Å². The maximum absolute atomic E-state index is 13.5. The Bertz CT molecular complexity index is 696. The summed E-state index contributed by atoms with van der Waals surface area (Å²) in [7, 11) is 0. The zero-order chi connectivity index (χ0) is 16.2. The first-order chi connectivity index (χ1) is 11.1. The number of anilines is 1. The third-order valence-corrected chi connectivity index (χ3v) is 3.88. The van der Waals surface area contributed by atoms with Crippen LogP contribution in [0.1, 0.15) is 18.1 Å². The second kappa shape index (κ2) is 6.93. The van der Waals surface area contributed by atoms with Gasteiger partial charge in [-0.15, -0.1) is 0 Å². The van der Waals surface area contributed by atoms with E-state index in [2.05, 4.69) is 15.6 Å². The Morgan fingerprint density at radius 2 is 2.09 bits per heavy atom. The monoisotopic (exact) mass is 335 g/mol. The number of ether oxygens (including phenoxy) is 1. The summed E-state index contributed by atoms with van der Waals surface area (Å²) < 4.78 is 19.2. The van der Waals surface area contributed by atoms with Crippen LogP contribution in [0, 0.1) is 5.82 Å². The summed E-state index contributed by atoms with van der Waals surface area (Å²) in [5, 5.41) is 5.94. The molecule has 7 heteroatoms. The standard InChI is InChI=1S/C16H15ClFN3O2/c17-11-3-1-10(2-4-11)15-14(6-8-23-15)21-16(22)20-13-5-7-19-9-12(13)18/h1-5,7,9,14-15H,6,8H2,(H2,19,20,21,22)/t14-,15+/m1/s1. The molecule has 2 aromatic rings. The van der Waals surface area contributed by atoms with Gasteiger partial charge in [0.1, 0.15) is 6.10 Å². The summed E-state index contributed by atoms with van der Waals surface area (Å²) in [5.74, 6) is -0.584. The van der Waals surface area contributed by atoms with E-state index in [-0.39, 0.29) is 17.8 Å². The first-order valence-electron chi connectivity index (χ1n) is 7.17. The highest BCUT2D eigenvalue weighted by Gasteiger charge is 2.31. The molecule has 3 rings (SSSR count). The van der Waals surface area contributed by atoms with Gasteiger partial charge in [0, 0.05) is 17.8 Å². The summed E-state index contributed by atoms with van der Waals surface area (Å²) in [4.78, 5) is 15.7. The number of nitrogens with one attached hydrogen (secondary N) is 2. The molecule has 5 nitrogen and oxygen atoms in total. The van der Waals surface area contributed by atoms with Crippen LogP contribution in [-0.2, 0) is 4.74 Å². The smallest absolute Gasteiger partial charge is 0.319 e. The van der Waals surface area contributed by atoms with Crippen molar-refractivity contribution in [1.82, 2.24) is 10.3 Å². The van der Waals surface area contributed by atoms with E-state index in [9.17, 15) is 9.18 Å². The summed E-state index contributed by atoms with van der Waals surface area (Å²) in [6.45, 7) is 0.544. The van der Waals surface area contributed by atoms with E-state index in [1.54, 1.807) is 12.1 Å². The van der Waals surface area contributed by atoms with E-state index in [1.165, 1.54) is 12.3 Å². The molecule has 0 spiro atoms. The summed E-state index contributed by atoms with van der Waals surface area (Å²) >= 11 is 5.88. The van der Waals surface area contributed by atoms with Gasteiger partial charge in [-0.2, -0.15) is 0 Å². The highest BCUT2D eigenvalue weighted by atomic mass is 35.5. The van der Waals surface area contributed by atoms with Gasteiger partial charge in [0.15, 0.2) is 5.82 Å². The molecule has 1 fully saturated rings. The zero-order valence-electron chi connectivity index (χ0n) is 12.1. The molecule has 0 unspecified atom stereocenters. The molecule has 2 heterocycles. The molecule has 2 N–H and O–H groups in total. The normalized spacial score (nSPS) is 20.3. The van der Waals surface area contributed by atoms with Gasteiger partial charge in [0.25, 0.3) is 0 Å². The lowest BCUT2D eigenvalue weighted by atomic mass is 10.0. The SMILES string of the molecule is O=C(Nc1ccncc1F)N[C@@H]1CCO[C@H]1c1ccc(Cl)cc1. The lowest BCUT2D eigenvalue weighted by molar-refractivity contribution is 0.100. The van der Waals surface area contributed by atoms with Crippen LogP contribution in [0.2, 0.25) is 5.02 Å². The predicted molar refractivity (Wildman–Crippen MR) is 84.9 cm³/mol. The topological polar surface area (TPSA) is 63.2 Å². The molecular formula is C16H15ClFN3O2. The quantitative estimate of drug-likeness (QED) is 0.902. The minimum absolute atomic E-state index is 0.0828. The minimum Gasteiger partial charge on any atom is -0.371 e. The van der Waals surface area contributed by atoms with Crippen LogP contribution in [-0.4, -0.2) is 23.7 Å². The van der Waals surface area contributed by atoms with Crippen molar-refractivity contribution in [1.29, 1.82) is 0 Å². The molecule has 1 aromatic carbocycles. The predicted octanol–water partition coefficient (Wildman–Crippen LogP) is 3.53. The van der Waals surface area contributed by atoms with Gasteiger partial charge in [-0.3, -0.25) is 4.98 Å². The van der Waals surface area contributed by atoms with Crippen molar-refractivity contribution in [3.8, 4) is 0 Å². The number of carbonyl (C=O) groups is 1. The average molecular weight is 336 g/mol. The van der Waals surface area contributed by atoms with Crippen LogP contribution in [0.5, 0.6) is 0 Å². The summed E-state index contributed by atoms with van der Waals surface area (Å²) in [6.07, 6.45) is 2.89. The number of benzene rings is 1. The first kappa shape index (κ1) is 15.7. The molecule has 2 amide bonds. The van der Waals surface area contributed by atoms with E-state index in [4.69, 9.17) is 16.3 Å². The Labute approximate surface area is 137 Å². The maximum atomic E-state index is 13.5. The van der Waals surface area contributed by atoms with E-state index in [0.29, 0.717) is 18.1 Å². The highest BCUT2D eigenvalue weighted by Crippen LogP contribution is 2.30. The minimum atomic E-state index is -0.584. The number of urea groups is 1. The van der Waals surface area contributed by atoms with Gasteiger partial charge in [-0.05, 0) is 30.2 Å². The second-order valence-electron chi connectivity index (χ2n) is 5.19. The number of halogens is 2. The van der Waals surface area contributed by atoms with Crippen molar-refractivity contribution < 1.29 is 13.9 Å². The molecule has 1 saturated heterocycles. The number of aromatic nitrogens is 1. The highest BCUT2D eigenvalue weighted by molar-refractivity contribution is 6.30. The number of carbonyl (C=O) groups excluding carboxylic acids is 1. The molecule has 0 bridgehead atoms. The molecule has 1 aliphatic heterocycles. The van der Waals surface area contributed by atoms with Crippen LogP contribution < -0.4 is 10.6 Å². The molecule has 23 heavy (non-hydrogen) atoms. The second-order valence-corrected chi connectivity index (χ2v) is 5.63. The lowest BCUT2D eigenvalue weighted by Crippen LogP contribution is -2.39. The molecule has 0 radical (unpaired) electrons. The third kappa shape index (κ3) is 3.78. The largest absolute Gasteiger partial charge is 0.371 e. The van der Waals surface area contributed by atoms with Gasteiger partial charge in [-0.1, -0.05) is 23.7 Å². The van der Waals surface area contributed by atoms with Crippen molar-refractivity contribution in [2.24, 2.45) is 0 Å². The van der Waals surface area contributed by atoms with Crippen LogP contribution in [0.3, 0.4) is 0 Å². The Morgan fingerprint density at radius 3 is 2.83 bits per heavy atom. The molecule has 2 atom stereocenters. The Hall–Kier alpha value is -2.18. The van der Waals surface area contributed by atoms with Crippen LogP contribution in [0.15, 0.2) is 42.7 Å². The molecule has 0 aliphatic carbocycles. The number of nitrogens with zero attached hydrogens (tertiary/aromatic N) is 1. The van der Waals surface area contributed by atoms with Crippen LogP contribution >= 0.6 is 11.6 Å². The zero-order valence-corrected chi connectivity index (χ0v) is 12.9. The Kier molecular flexibility index (Phi) is 4.73. The number of hydrogen-bond donors (Lipinski definition) is 2. The van der Waals surface area contributed by atoms with Gasteiger partial charge in [-0.25, -0.2) is 9.18 Å². The number of pyridine rings is 1. The molecule has 1 aromatic heterocycles. The fraction of sp³-hybridized carbons (Fsp3) is 0.250. The van der Waals surface area contributed by atoms with Crippen LogP contribution in [0.4, 0.5) is 14.9 Å². The third-order valence-electron chi connectivity index (χ3n) is 3.63. The molecule has 120 valence electrons. The first-order valence-corrected chi connectivity index (χ1v) is 7.55. The van der Waals surface area contributed by atoms with Crippen LogP contribution in [0.25, 0.3) is 0 Å². The van der Waals surface area contributed by atoms with Gasteiger partial charge >= 0.3 is 6.03 Å². The van der Waals surface area contributed by atoms with Crippen molar-refractivity contribution in [3.05, 3.63) is 59.1 Å². The van der Waals surface area contributed by atoms with Crippen molar-refractivity contribution in [3.63, 3.8) is 0 Å². The molecule has 0 saturated carbocycles. The number of amides is 2. The lowest BCUT2D eigenvalue weighted by Gasteiger charge is -2.20. The van der Waals surface area contributed by atoms with Gasteiger partial charge in [0.2, 0.25) is 0 Å². The maximum Gasteiger partial charge on any atom is 0.319 e.